The number of hydrogen-bond donors (Lipinski definition) is 0. The Morgan fingerprint density at radius 1 is 0.882 bits per heavy atom. The fourth-order valence-corrected chi connectivity index (χ4v) is 3.95. The lowest BCUT2D eigenvalue weighted by molar-refractivity contribution is -0.207. The van der Waals surface area contributed by atoms with Crippen LogP contribution < -0.4 is 10.4 Å². The molecule has 0 aliphatic heterocycles. The molecule has 2 aromatic carbocycles. The molecule has 0 saturated heterocycles. The highest BCUT2D eigenvalue weighted by Gasteiger charge is 2.02. The van der Waals surface area contributed by atoms with Crippen LogP contribution in [0.25, 0.3) is 0 Å². The first kappa shape index (κ1) is 13.0. The Bertz CT molecular complexity index is 532. The van der Waals surface area contributed by atoms with Crippen LogP contribution in [0.2, 0.25) is 0 Å². The minimum atomic E-state index is 0.0792. The van der Waals surface area contributed by atoms with E-state index in [4.69, 9.17) is 0 Å². The second kappa shape index (κ2) is 5.92. The number of rotatable bonds is 2. The Balaban J connectivity index is 2.44. The van der Waals surface area contributed by atoms with E-state index in [9.17, 15) is 5.11 Å². The van der Waals surface area contributed by atoms with Gasteiger partial charge in [0.2, 0.25) is 0 Å². The zero-order valence-corrected chi connectivity index (χ0v) is 12.8. The summed E-state index contributed by atoms with van der Waals surface area (Å²) >= 11 is 6.81. The van der Waals surface area contributed by atoms with Gasteiger partial charge in [-0.3, -0.25) is 0 Å². The smallest absolute Gasteiger partial charge is 0.0252 e. The molecule has 0 N–H and O–H groups in total. The maximum absolute atomic E-state index is 12.2. The predicted molar refractivity (Wildman–Crippen MR) is 78.9 cm³/mol. The summed E-state index contributed by atoms with van der Waals surface area (Å²) in [6.07, 6.45) is 0. The minimum Gasteiger partial charge on any atom is -0.823 e. The van der Waals surface area contributed by atoms with Crippen molar-refractivity contribution in [2.24, 2.45) is 0 Å². The molecule has 0 amide bonds. The monoisotopic (exact) mass is 369 g/mol. The molecule has 4 heteroatoms. The molecule has 0 atom stereocenters. The molecule has 0 heterocycles. The Morgan fingerprint density at radius 2 is 1.47 bits per heavy atom. The van der Waals surface area contributed by atoms with Crippen LogP contribution in [0.5, 0.6) is 0 Å². The summed E-state index contributed by atoms with van der Waals surface area (Å²) in [5.74, 6) is 0. The lowest BCUT2D eigenvalue weighted by atomic mass is 10.2. The molecule has 0 aromatic heterocycles. The van der Waals surface area contributed by atoms with Crippen LogP contribution in [0.3, 0.4) is 0 Å². The van der Waals surface area contributed by atoms with Gasteiger partial charge < -0.3 is 5.11 Å². The fraction of sp³-hybridized carbons (Fsp3) is 0. The number of benzene rings is 2. The van der Waals surface area contributed by atoms with E-state index in [-0.39, 0.29) is 5.48 Å². The van der Waals surface area contributed by atoms with E-state index in [0.717, 1.165) is 14.2 Å². The molecule has 86 valence electrons. The van der Waals surface area contributed by atoms with E-state index in [1.165, 1.54) is 0 Å². The second-order valence-corrected chi connectivity index (χ2v) is 6.20. The summed E-state index contributed by atoms with van der Waals surface area (Å²) in [4.78, 5) is 0. The van der Waals surface area contributed by atoms with Gasteiger partial charge in [0.1, 0.15) is 0 Å². The zero-order valence-electron chi connectivity index (χ0n) is 8.73. The Labute approximate surface area is 119 Å². The minimum absolute atomic E-state index is 0.0792. The van der Waals surface area contributed by atoms with Gasteiger partial charge in [-0.15, -0.1) is 5.48 Å². The SMILES string of the molecule is [O-]C(=Pc1ccccc1)c1c(Br)cccc1Br. The highest BCUT2D eigenvalue weighted by atomic mass is 79.9. The van der Waals surface area contributed by atoms with Crippen molar-refractivity contribution in [3.63, 3.8) is 0 Å². The molecule has 2 aromatic rings. The topological polar surface area (TPSA) is 23.1 Å². The standard InChI is InChI=1S/C13H9Br2OP/c14-10-7-4-8-11(15)12(10)13(16)17-9-5-2-1-3-6-9/h1-8,16H/p-1. The molecule has 0 fully saturated rings. The average Bonchev–Trinajstić information content (AvgIpc) is 2.30. The third-order valence-electron chi connectivity index (χ3n) is 2.16. The largest absolute Gasteiger partial charge is 0.823 e. The molecule has 0 bridgehead atoms. The summed E-state index contributed by atoms with van der Waals surface area (Å²) in [7, 11) is 0.688. The molecular formula is C13H8Br2OP-. The average molecular weight is 371 g/mol. The van der Waals surface area contributed by atoms with Gasteiger partial charge in [0.05, 0.1) is 0 Å². The van der Waals surface area contributed by atoms with Gasteiger partial charge in [-0.2, -0.15) is 0 Å². The Kier molecular flexibility index (Phi) is 4.52. The van der Waals surface area contributed by atoms with Crippen molar-refractivity contribution in [3.05, 3.63) is 63.0 Å². The molecule has 0 unspecified atom stereocenters. The maximum Gasteiger partial charge on any atom is 0.0252 e. The van der Waals surface area contributed by atoms with Crippen LogP contribution in [-0.4, -0.2) is 5.48 Å². The van der Waals surface area contributed by atoms with Gasteiger partial charge in [0, 0.05) is 14.2 Å². The molecular weight excluding hydrogens is 363 g/mol. The summed E-state index contributed by atoms with van der Waals surface area (Å²) in [5.41, 5.74) is 0.772. The fourth-order valence-electron chi connectivity index (χ4n) is 1.38. The zero-order chi connectivity index (χ0) is 12.3. The van der Waals surface area contributed by atoms with Gasteiger partial charge in [-0.05, 0) is 17.7 Å². The Morgan fingerprint density at radius 3 is 2.06 bits per heavy atom. The van der Waals surface area contributed by atoms with E-state index < -0.39 is 0 Å². The summed E-state index contributed by atoms with van der Waals surface area (Å²) in [5, 5.41) is 13.2. The highest BCUT2D eigenvalue weighted by molar-refractivity contribution is 9.11. The number of halogens is 2. The van der Waals surface area contributed by atoms with Crippen LogP contribution in [-0.2, 0) is 0 Å². The lowest BCUT2D eigenvalue weighted by Crippen LogP contribution is -2.18. The van der Waals surface area contributed by atoms with Crippen LogP contribution >= 0.6 is 40.1 Å². The summed E-state index contributed by atoms with van der Waals surface area (Å²) in [6.45, 7) is 0. The first-order chi connectivity index (χ1) is 8.18. The van der Waals surface area contributed by atoms with Crippen molar-refractivity contribution in [3.8, 4) is 0 Å². The van der Waals surface area contributed by atoms with Gasteiger partial charge in [-0.25, -0.2) is 0 Å². The van der Waals surface area contributed by atoms with Crippen molar-refractivity contribution in [2.75, 3.05) is 0 Å². The maximum atomic E-state index is 12.2. The van der Waals surface area contributed by atoms with Gasteiger partial charge in [-0.1, -0.05) is 76.5 Å². The van der Waals surface area contributed by atoms with Crippen molar-refractivity contribution >= 4 is 50.8 Å². The normalized spacial score (nSPS) is 11.6. The van der Waals surface area contributed by atoms with Gasteiger partial charge in [0.15, 0.2) is 0 Å². The quantitative estimate of drug-likeness (QED) is 0.743. The molecule has 0 aliphatic carbocycles. The second-order valence-electron chi connectivity index (χ2n) is 3.35. The molecule has 17 heavy (non-hydrogen) atoms. The van der Waals surface area contributed by atoms with Crippen LogP contribution in [0.1, 0.15) is 5.56 Å². The van der Waals surface area contributed by atoms with Crippen molar-refractivity contribution in [1.82, 2.24) is 0 Å². The molecule has 0 radical (unpaired) electrons. The summed E-state index contributed by atoms with van der Waals surface area (Å²) in [6, 6.07) is 15.4. The summed E-state index contributed by atoms with van der Waals surface area (Å²) < 4.78 is 1.64. The van der Waals surface area contributed by atoms with Crippen LogP contribution in [0.15, 0.2) is 57.5 Å². The van der Waals surface area contributed by atoms with Crippen LogP contribution in [0.4, 0.5) is 0 Å². The first-order valence-electron chi connectivity index (χ1n) is 4.93. The third-order valence-corrected chi connectivity index (χ3v) is 4.47. The predicted octanol–water partition coefficient (Wildman–Crippen LogP) is 3.32. The van der Waals surface area contributed by atoms with Gasteiger partial charge in [0.25, 0.3) is 0 Å². The van der Waals surface area contributed by atoms with E-state index in [1.54, 1.807) is 0 Å². The first-order valence-corrected chi connectivity index (χ1v) is 7.41. The molecule has 0 aliphatic rings. The number of hydrogen-bond acceptors (Lipinski definition) is 1. The molecule has 1 nitrogen and oxygen atoms in total. The van der Waals surface area contributed by atoms with Crippen molar-refractivity contribution < 1.29 is 5.11 Å². The third kappa shape index (κ3) is 3.26. The lowest BCUT2D eigenvalue weighted by Gasteiger charge is -2.15. The van der Waals surface area contributed by atoms with Crippen LogP contribution in [0, 0.1) is 0 Å². The van der Waals surface area contributed by atoms with E-state index in [1.807, 2.05) is 48.5 Å². The molecule has 0 spiro atoms. The molecule has 2 rings (SSSR count). The van der Waals surface area contributed by atoms with Gasteiger partial charge >= 0.3 is 0 Å². The van der Waals surface area contributed by atoms with E-state index in [0.29, 0.717) is 13.8 Å². The highest BCUT2D eigenvalue weighted by Crippen LogP contribution is 2.26. The van der Waals surface area contributed by atoms with E-state index >= 15 is 0 Å². The Hall–Kier alpha value is -0.470. The van der Waals surface area contributed by atoms with E-state index in [2.05, 4.69) is 31.9 Å². The van der Waals surface area contributed by atoms with Crippen molar-refractivity contribution in [2.45, 2.75) is 0 Å². The molecule has 0 saturated carbocycles. The van der Waals surface area contributed by atoms with Crippen molar-refractivity contribution in [1.29, 1.82) is 0 Å².